The van der Waals surface area contributed by atoms with E-state index in [1.54, 1.807) is 6.07 Å². The van der Waals surface area contributed by atoms with Gasteiger partial charge in [0, 0.05) is 4.47 Å². The molecule has 5 heteroatoms. The van der Waals surface area contributed by atoms with E-state index < -0.39 is 0 Å². The number of rotatable bonds is 0. The molecule has 2 aromatic rings. The van der Waals surface area contributed by atoms with Gasteiger partial charge >= 0.3 is 0 Å². The quantitative estimate of drug-likeness (QED) is 0.758. The highest BCUT2D eigenvalue weighted by Crippen LogP contribution is 2.25. The predicted molar refractivity (Wildman–Crippen MR) is 46.6 cm³/mol. The van der Waals surface area contributed by atoms with E-state index >= 15 is 0 Å². The summed E-state index contributed by atoms with van der Waals surface area (Å²) in [7, 11) is 0. The van der Waals surface area contributed by atoms with Crippen LogP contribution in [-0.4, -0.2) is 15.4 Å². The summed E-state index contributed by atoms with van der Waals surface area (Å²) in [4.78, 5) is 0. The summed E-state index contributed by atoms with van der Waals surface area (Å²) in [5, 5.41) is 10.9. The van der Waals surface area contributed by atoms with Crippen molar-refractivity contribution < 1.29 is 0 Å². The van der Waals surface area contributed by atoms with Gasteiger partial charge in [0.25, 0.3) is 0 Å². The molecular formula is C6H3BrClN3. The molecule has 0 saturated carbocycles. The molecule has 56 valence electrons. The third-order valence-electron chi connectivity index (χ3n) is 1.36. The molecule has 0 unspecified atom stereocenters. The molecule has 2 rings (SSSR count). The lowest BCUT2D eigenvalue weighted by molar-refractivity contribution is 0.959. The van der Waals surface area contributed by atoms with Crippen molar-refractivity contribution >= 4 is 38.6 Å². The standard InChI is InChI=1S/C6H3BrClN3/c7-3-1-5-6(2-4(3)8)10-11-9-5/h1-2H,(H,9,10,11). The fourth-order valence-electron chi connectivity index (χ4n) is 0.838. The first-order chi connectivity index (χ1) is 5.27. The van der Waals surface area contributed by atoms with Gasteiger partial charge in [-0.3, -0.25) is 0 Å². The average molecular weight is 232 g/mol. The number of benzene rings is 1. The molecule has 0 atom stereocenters. The van der Waals surface area contributed by atoms with Crippen LogP contribution in [0.1, 0.15) is 0 Å². The molecule has 0 amide bonds. The summed E-state index contributed by atoms with van der Waals surface area (Å²) >= 11 is 9.10. The van der Waals surface area contributed by atoms with Crippen LogP contribution in [0.25, 0.3) is 11.0 Å². The van der Waals surface area contributed by atoms with Crippen LogP contribution in [0, 0.1) is 0 Å². The molecule has 0 fully saturated rings. The van der Waals surface area contributed by atoms with E-state index in [9.17, 15) is 0 Å². The minimum atomic E-state index is 0.645. The molecule has 0 spiro atoms. The number of nitrogens with one attached hydrogen (secondary N) is 1. The van der Waals surface area contributed by atoms with E-state index in [4.69, 9.17) is 11.6 Å². The average Bonchev–Trinajstić information content (AvgIpc) is 2.36. The Hall–Kier alpha value is -0.610. The van der Waals surface area contributed by atoms with E-state index in [0.29, 0.717) is 5.02 Å². The first-order valence-corrected chi connectivity index (χ1v) is 4.10. The van der Waals surface area contributed by atoms with Crippen LogP contribution >= 0.6 is 27.5 Å². The summed E-state index contributed by atoms with van der Waals surface area (Å²) in [6.45, 7) is 0. The van der Waals surface area contributed by atoms with Gasteiger partial charge < -0.3 is 0 Å². The van der Waals surface area contributed by atoms with Crippen LogP contribution in [0.15, 0.2) is 16.6 Å². The number of hydrogen-bond donors (Lipinski definition) is 1. The number of hydrogen-bond acceptors (Lipinski definition) is 2. The van der Waals surface area contributed by atoms with Crippen molar-refractivity contribution in [3.05, 3.63) is 21.6 Å². The summed E-state index contributed by atoms with van der Waals surface area (Å²) in [6.07, 6.45) is 0. The number of H-pyrrole nitrogens is 1. The predicted octanol–water partition coefficient (Wildman–Crippen LogP) is 2.37. The largest absolute Gasteiger partial charge is 0.197 e. The van der Waals surface area contributed by atoms with Crippen molar-refractivity contribution in [2.45, 2.75) is 0 Å². The molecule has 0 radical (unpaired) electrons. The Bertz CT molecular complexity index is 362. The number of aromatic amines is 1. The highest BCUT2D eigenvalue weighted by atomic mass is 79.9. The molecule has 1 aromatic carbocycles. The van der Waals surface area contributed by atoms with Crippen molar-refractivity contribution in [3.8, 4) is 0 Å². The molecule has 0 aliphatic rings. The van der Waals surface area contributed by atoms with Crippen LogP contribution in [0.4, 0.5) is 0 Å². The normalized spacial score (nSPS) is 10.7. The fraction of sp³-hybridized carbons (Fsp3) is 0. The highest BCUT2D eigenvalue weighted by molar-refractivity contribution is 9.10. The second-order valence-corrected chi connectivity index (χ2v) is 3.34. The molecule has 0 aliphatic heterocycles. The molecule has 0 saturated heterocycles. The lowest BCUT2D eigenvalue weighted by atomic mass is 10.3. The Morgan fingerprint density at radius 1 is 1.27 bits per heavy atom. The van der Waals surface area contributed by atoms with Crippen LogP contribution in [0.2, 0.25) is 5.02 Å². The Balaban J connectivity index is 2.86. The fourth-order valence-corrected chi connectivity index (χ4v) is 1.33. The molecule has 3 nitrogen and oxygen atoms in total. The Labute approximate surface area is 75.9 Å². The van der Waals surface area contributed by atoms with E-state index in [2.05, 4.69) is 31.3 Å². The Morgan fingerprint density at radius 2 is 1.91 bits per heavy atom. The molecule has 1 heterocycles. The topological polar surface area (TPSA) is 41.6 Å². The van der Waals surface area contributed by atoms with Crippen molar-refractivity contribution in [3.63, 3.8) is 0 Å². The lowest BCUT2D eigenvalue weighted by Crippen LogP contribution is -1.71. The Kier molecular flexibility index (Phi) is 1.58. The third-order valence-corrected chi connectivity index (χ3v) is 2.56. The van der Waals surface area contributed by atoms with Crippen molar-refractivity contribution in [1.82, 2.24) is 15.4 Å². The highest BCUT2D eigenvalue weighted by Gasteiger charge is 2.02. The van der Waals surface area contributed by atoms with Gasteiger partial charge in [-0.25, -0.2) is 0 Å². The molecule has 11 heavy (non-hydrogen) atoms. The Morgan fingerprint density at radius 3 is 2.64 bits per heavy atom. The van der Waals surface area contributed by atoms with Crippen molar-refractivity contribution in [2.24, 2.45) is 0 Å². The minimum Gasteiger partial charge on any atom is -0.197 e. The van der Waals surface area contributed by atoms with Crippen molar-refractivity contribution in [2.75, 3.05) is 0 Å². The van der Waals surface area contributed by atoms with E-state index in [1.807, 2.05) is 6.07 Å². The molecular weight excluding hydrogens is 229 g/mol. The number of fused-ring (bicyclic) bond motifs is 1. The molecule has 1 aromatic heterocycles. The molecule has 0 bridgehead atoms. The van der Waals surface area contributed by atoms with E-state index in [1.165, 1.54) is 0 Å². The monoisotopic (exact) mass is 231 g/mol. The van der Waals surface area contributed by atoms with E-state index in [-0.39, 0.29) is 0 Å². The van der Waals surface area contributed by atoms with Gasteiger partial charge in [-0.05, 0) is 28.1 Å². The maximum absolute atomic E-state index is 5.82. The second kappa shape index (κ2) is 2.46. The minimum absolute atomic E-state index is 0.645. The number of nitrogens with zero attached hydrogens (tertiary/aromatic N) is 2. The summed E-state index contributed by atoms with van der Waals surface area (Å²) in [5.41, 5.74) is 1.58. The van der Waals surface area contributed by atoms with Gasteiger partial charge in [0.05, 0.1) is 5.02 Å². The maximum atomic E-state index is 5.82. The molecule has 0 aliphatic carbocycles. The van der Waals surface area contributed by atoms with Crippen LogP contribution in [-0.2, 0) is 0 Å². The second-order valence-electron chi connectivity index (χ2n) is 2.08. The van der Waals surface area contributed by atoms with Gasteiger partial charge in [-0.15, -0.1) is 0 Å². The summed E-state index contributed by atoms with van der Waals surface area (Å²) < 4.78 is 0.834. The lowest BCUT2D eigenvalue weighted by Gasteiger charge is -1.91. The van der Waals surface area contributed by atoms with Crippen LogP contribution in [0.3, 0.4) is 0 Å². The smallest absolute Gasteiger partial charge is 0.114 e. The zero-order valence-electron chi connectivity index (χ0n) is 5.31. The third kappa shape index (κ3) is 1.12. The van der Waals surface area contributed by atoms with Crippen LogP contribution < -0.4 is 0 Å². The maximum Gasteiger partial charge on any atom is 0.114 e. The number of aromatic nitrogens is 3. The van der Waals surface area contributed by atoms with Gasteiger partial charge in [-0.1, -0.05) is 11.6 Å². The SMILES string of the molecule is Clc1cc2n[nH]nc2cc1Br. The first-order valence-electron chi connectivity index (χ1n) is 2.93. The first kappa shape index (κ1) is 7.06. The van der Waals surface area contributed by atoms with Gasteiger partial charge in [0.1, 0.15) is 11.0 Å². The van der Waals surface area contributed by atoms with Gasteiger partial charge in [-0.2, -0.15) is 15.4 Å². The molecule has 1 N–H and O–H groups in total. The van der Waals surface area contributed by atoms with E-state index in [0.717, 1.165) is 15.5 Å². The summed E-state index contributed by atoms with van der Waals surface area (Å²) in [6, 6.07) is 3.58. The van der Waals surface area contributed by atoms with Gasteiger partial charge in [0.15, 0.2) is 0 Å². The zero-order chi connectivity index (χ0) is 7.84. The van der Waals surface area contributed by atoms with Crippen LogP contribution in [0.5, 0.6) is 0 Å². The summed E-state index contributed by atoms with van der Waals surface area (Å²) in [5.74, 6) is 0. The zero-order valence-corrected chi connectivity index (χ0v) is 7.65. The number of halogens is 2. The van der Waals surface area contributed by atoms with Crippen molar-refractivity contribution in [1.29, 1.82) is 0 Å². The van der Waals surface area contributed by atoms with Gasteiger partial charge in [0.2, 0.25) is 0 Å².